The highest BCUT2D eigenvalue weighted by Crippen LogP contribution is 2.28. The molecule has 0 saturated heterocycles. The molecule has 27 heavy (non-hydrogen) atoms. The second-order valence-corrected chi connectivity index (χ2v) is 6.89. The molecule has 0 N–H and O–H groups in total. The summed E-state index contributed by atoms with van der Waals surface area (Å²) >= 11 is 1.54. The number of aromatic nitrogens is 5. The van der Waals surface area contributed by atoms with E-state index in [-0.39, 0.29) is 5.91 Å². The molecule has 0 saturated carbocycles. The summed E-state index contributed by atoms with van der Waals surface area (Å²) in [5, 5.41) is 14.8. The molecular weight excluding hydrogens is 358 g/mol. The van der Waals surface area contributed by atoms with E-state index in [1.54, 1.807) is 22.2 Å². The zero-order valence-corrected chi connectivity index (χ0v) is 14.9. The number of carbonyl (C=O) groups excluding carboxylic acids is 1. The van der Waals surface area contributed by atoms with Crippen LogP contribution in [0.4, 0.5) is 0 Å². The van der Waals surface area contributed by atoms with Crippen LogP contribution in [0, 0.1) is 0 Å². The van der Waals surface area contributed by atoms with E-state index >= 15 is 0 Å². The van der Waals surface area contributed by atoms with Crippen molar-refractivity contribution < 1.29 is 4.79 Å². The van der Waals surface area contributed by atoms with Gasteiger partial charge in [-0.25, -0.2) is 4.68 Å². The number of thiophene rings is 1. The average molecular weight is 371 g/mol. The van der Waals surface area contributed by atoms with Gasteiger partial charge in [0.15, 0.2) is 0 Å². The van der Waals surface area contributed by atoms with Gasteiger partial charge in [-0.2, -0.15) is 9.78 Å². The lowest BCUT2D eigenvalue weighted by atomic mass is 10.2. The van der Waals surface area contributed by atoms with Gasteiger partial charge in [-0.1, -0.05) is 41.6 Å². The van der Waals surface area contributed by atoms with E-state index in [4.69, 9.17) is 0 Å². The number of carbonyl (C=O) groups is 1. The molecule has 0 unspecified atom stereocenters. The molecular formula is C20H13N5OS. The second kappa shape index (κ2) is 6.30. The molecule has 0 fully saturated rings. The molecule has 3 aromatic heterocycles. The van der Waals surface area contributed by atoms with Crippen LogP contribution in [0.1, 0.15) is 10.4 Å². The van der Waals surface area contributed by atoms with Gasteiger partial charge in [0.05, 0.1) is 21.6 Å². The van der Waals surface area contributed by atoms with Crippen molar-refractivity contribution in [2.45, 2.75) is 0 Å². The van der Waals surface area contributed by atoms with Crippen LogP contribution >= 0.6 is 11.3 Å². The number of para-hydroxylation sites is 2. The first-order valence-corrected chi connectivity index (χ1v) is 9.23. The highest BCUT2D eigenvalue weighted by atomic mass is 32.1. The van der Waals surface area contributed by atoms with E-state index in [9.17, 15) is 4.79 Å². The molecule has 130 valence electrons. The van der Waals surface area contributed by atoms with Crippen LogP contribution in [0.2, 0.25) is 0 Å². The minimum Gasteiger partial charge on any atom is -0.267 e. The third-order valence-corrected chi connectivity index (χ3v) is 5.14. The topological polar surface area (TPSA) is 65.6 Å². The Morgan fingerprint density at radius 3 is 2.56 bits per heavy atom. The molecule has 3 heterocycles. The van der Waals surface area contributed by atoms with Crippen LogP contribution in [0.25, 0.3) is 27.3 Å². The number of hydrogen-bond acceptors (Lipinski definition) is 5. The predicted octanol–water partition coefficient (Wildman–Crippen LogP) is 4.03. The Labute approximate surface area is 158 Å². The number of benzene rings is 2. The molecule has 0 radical (unpaired) electrons. The van der Waals surface area contributed by atoms with Crippen molar-refractivity contribution in [2.24, 2.45) is 0 Å². The van der Waals surface area contributed by atoms with E-state index in [0.717, 1.165) is 10.6 Å². The van der Waals surface area contributed by atoms with Crippen LogP contribution in [-0.4, -0.2) is 30.7 Å². The molecule has 0 amide bonds. The fourth-order valence-electron chi connectivity index (χ4n) is 2.97. The lowest BCUT2D eigenvalue weighted by Gasteiger charge is -2.00. The maximum atomic E-state index is 13.3. The van der Waals surface area contributed by atoms with Gasteiger partial charge in [-0.3, -0.25) is 4.79 Å². The van der Waals surface area contributed by atoms with Crippen LogP contribution in [-0.2, 0) is 0 Å². The number of rotatable bonds is 3. The summed E-state index contributed by atoms with van der Waals surface area (Å²) in [4.78, 5) is 14.2. The smallest absolute Gasteiger partial charge is 0.267 e. The molecule has 6 nitrogen and oxygen atoms in total. The minimum atomic E-state index is -0.255. The summed E-state index contributed by atoms with van der Waals surface area (Å²) in [6, 6.07) is 21.0. The van der Waals surface area contributed by atoms with Crippen LogP contribution < -0.4 is 0 Å². The molecule has 0 atom stereocenters. The summed E-state index contributed by atoms with van der Waals surface area (Å²) in [5.41, 5.74) is 3.36. The summed E-state index contributed by atoms with van der Waals surface area (Å²) < 4.78 is 3.06. The van der Waals surface area contributed by atoms with Crippen molar-refractivity contribution in [3.63, 3.8) is 0 Å². The first-order chi connectivity index (χ1) is 13.3. The molecule has 0 spiro atoms. The predicted molar refractivity (Wildman–Crippen MR) is 104 cm³/mol. The normalized spacial score (nSPS) is 11.1. The number of nitrogens with zero attached hydrogens (tertiary/aromatic N) is 5. The van der Waals surface area contributed by atoms with Gasteiger partial charge < -0.3 is 0 Å². The third-order valence-electron chi connectivity index (χ3n) is 4.26. The van der Waals surface area contributed by atoms with Gasteiger partial charge in [0.1, 0.15) is 11.2 Å². The van der Waals surface area contributed by atoms with Crippen molar-refractivity contribution >= 4 is 28.3 Å². The lowest BCUT2D eigenvalue weighted by molar-refractivity contribution is 0.0949. The maximum Gasteiger partial charge on any atom is 0.284 e. The summed E-state index contributed by atoms with van der Waals surface area (Å²) in [7, 11) is 0. The highest BCUT2D eigenvalue weighted by Gasteiger charge is 2.23. The molecule has 5 rings (SSSR count). The highest BCUT2D eigenvalue weighted by molar-refractivity contribution is 7.13. The quantitative estimate of drug-likeness (QED) is 0.480. The molecule has 0 bridgehead atoms. The van der Waals surface area contributed by atoms with Crippen molar-refractivity contribution in [1.82, 2.24) is 24.8 Å². The average Bonchev–Trinajstić information content (AvgIpc) is 3.46. The van der Waals surface area contributed by atoms with Crippen LogP contribution in [0.3, 0.4) is 0 Å². The van der Waals surface area contributed by atoms with Gasteiger partial charge in [-0.15, -0.1) is 16.4 Å². The Morgan fingerprint density at radius 2 is 1.74 bits per heavy atom. The van der Waals surface area contributed by atoms with E-state index in [2.05, 4.69) is 15.4 Å². The summed E-state index contributed by atoms with van der Waals surface area (Å²) in [6.45, 7) is 0. The second-order valence-electron chi connectivity index (χ2n) is 5.94. The lowest BCUT2D eigenvalue weighted by Crippen LogP contribution is -2.14. The van der Waals surface area contributed by atoms with Gasteiger partial charge in [0, 0.05) is 6.20 Å². The van der Waals surface area contributed by atoms with Gasteiger partial charge in [-0.05, 0) is 35.7 Å². The van der Waals surface area contributed by atoms with Crippen molar-refractivity contribution in [2.75, 3.05) is 0 Å². The Balaban J connectivity index is 1.68. The van der Waals surface area contributed by atoms with Crippen molar-refractivity contribution in [3.05, 3.63) is 83.9 Å². The zero-order chi connectivity index (χ0) is 18.2. The van der Waals surface area contributed by atoms with Crippen molar-refractivity contribution in [1.29, 1.82) is 0 Å². The standard InChI is InChI=1S/C20H13N5OS/c26-20(25-17-10-5-4-9-16(17)21-23-25)15-13-24(14-7-2-1-3-8-14)22-19(15)18-11-6-12-27-18/h1-13H. The summed E-state index contributed by atoms with van der Waals surface area (Å²) in [6.07, 6.45) is 1.75. The SMILES string of the molecule is O=C(c1cn(-c2ccccc2)nc1-c1cccs1)n1nnc2ccccc21. The van der Waals surface area contributed by atoms with Crippen LogP contribution in [0.5, 0.6) is 0 Å². The van der Waals surface area contributed by atoms with Crippen molar-refractivity contribution in [3.8, 4) is 16.3 Å². The molecule has 5 aromatic rings. The Hall–Kier alpha value is -3.58. The first-order valence-electron chi connectivity index (χ1n) is 8.35. The maximum absolute atomic E-state index is 13.3. The van der Waals surface area contributed by atoms with Gasteiger partial charge in [0.2, 0.25) is 0 Å². The molecule has 0 aliphatic rings. The van der Waals surface area contributed by atoms with Gasteiger partial charge >= 0.3 is 0 Å². The van der Waals surface area contributed by atoms with E-state index < -0.39 is 0 Å². The molecule has 2 aromatic carbocycles. The summed E-state index contributed by atoms with van der Waals surface area (Å²) in [5.74, 6) is -0.255. The van der Waals surface area contributed by atoms with E-state index in [1.165, 1.54) is 4.68 Å². The fourth-order valence-corrected chi connectivity index (χ4v) is 3.70. The Morgan fingerprint density at radius 1 is 0.926 bits per heavy atom. The first kappa shape index (κ1) is 15.7. The third kappa shape index (κ3) is 2.65. The number of fused-ring (bicyclic) bond motifs is 1. The molecule has 0 aliphatic heterocycles. The monoisotopic (exact) mass is 371 g/mol. The molecule has 7 heteroatoms. The Kier molecular flexibility index (Phi) is 3.65. The number of hydrogen-bond donors (Lipinski definition) is 0. The Bertz CT molecular complexity index is 1240. The van der Waals surface area contributed by atoms with Crippen LogP contribution in [0.15, 0.2) is 78.3 Å². The largest absolute Gasteiger partial charge is 0.284 e. The molecule has 0 aliphatic carbocycles. The van der Waals surface area contributed by atoms with E-state index in [0.29, 0.717) is 22.3 Å². The van der Waals surface area contributed by atoms with E-state index in [1.807, 2.05) is 72.1 Å². The zero-order valence-electron chi connectivity index (χ0n) is 14.1. The van der Waals surface area contributed by atoms with Gasteiger partial charge in [0.25, 0.3) is 5.91 Å². The fraction of sp³-hybridized carbons (Fsp3) is 0. The minimum absolute atomic E-state index is 0.255.